The van der Waals surface area contributed by atoms with Crippen molar-refractivity contribution in [3.63, 3.8) is 0 Å². The van der Waals surface area contributed by atoms with Crippen LogP contribution in [0.3, 0.4) is 0 Å². The topological polar surface area (TPSA) is 61.9 Å². The molecule has 0 spiro atoms. The normalized spacial score (nSPS) is 28.4. The van der Waals surface area contributed by atoms with Gasteiger partial charge in [0, 0.05) is 31.4 Å². The maximum absolute atomic E-state index is 12.7. The zero-order chi connectivity index (χ0) is 19.0. The van der Waals surface area contributed by atoms with Crippen molar-refractivity contribution in [2.75, 3.05) is 37.7 Å². The fraction of sp³-hybridized carbons (Fsp3) is 0.579. The van der Waals surface area contributed by atoms with Crippen LogP contribution in [0.5, 0.6) is 0 Å². The number of morpholine rings is 1. The molecular weight excluding hydrogens is 389 g/mol. The summed E-state index contributed by atoms with van der Waals surface area (Å²) in [7, 11) is 0. The van der Waals surface area contributed by atoms with E-state index in [2.05, 4.69) is 10.2 Å². The zero-order valence-electron chi connectivity index (χ0n) is 15.0. The maximum Gasteiger partial charge on any atom is 0.239 e. The van der Waals surface area contributed by atoms with E-state index in [9.17, 15) is 9.59 Å². The lowest BCUT2D eigenvalue weighted by atomic mass is 10.1. The fourth-order valence-electron chi connectivity index (χ4n) is 4.18. The van der Waals surface area contributed by atoms with Gasteiger partial charge in [0.25, 0.3) is 0 Å². The van der Waals surface area contributed by atoms with Gasteiger partial charge in [0.15, 0.2) is 0 Å². The second kappa shape index (κ2) is 7.95. The molecule has 3 aliphatic heterocycles. The minimum absolute atomic E-state index is 0.00835. The summed E-state index contributed by atoms with van der Waals surface area (Å²) in [5.74, 6) is -1.09. The summed E-state index contributed by atoms with van der Waals surface area (Å²) in [6.07, 6.45) is 2.89. The highest BCUT2D eigenvalue weighted by atomic mass is 35.5. The number of amides is 2. The molecule has 3 heterocycles. The molecular formula is C19H23Cl2N3O3. The van der Waals surface area contributed by atoms with Gasteiger partial charge in [-0.3, -0.25) is 14.5 Å². The Kier molecular flexibility index (Phi) is 5.60. The highest BCUT2D eigenvalue weighted by Gasteiger charge is 2.38. The lowest BCUT2D eigenvalue weighted by molar-refractivity contribution is -0.133. The van der Waals surface area contributed by atoms with Gasteiger partial charge in [0.05, 0.1) is 22.8 Å². The molecule has 146 valence electrons. The molecule has 3 saturated heterocycles. The molecule has 1 aromatic rings. The standard InChI is InChI=1S/C19H23Cl2N3O3/c20-16-4-3-12(8-17(16)21)24-7-5-15(19(24)26)18(25)22-9-14-10-23-6-1-2-13(23)11-27-14/h3-4,8,13-15H,1-2,5-7,9-11H2,(H,22,25). The van der Waals surface area contributed by atoms with Gasteiger partial charge in [0.1, 0.15) is 5.92 Å². The number of nitrogens with zero attached hydrogens (tertiary/aromatic N) is 2. The van der Waals surface area contributed by atoms with E-state index < -0.39 is 5.92 Å². The van der Waals surface area contributed by atoms with Crippen LogP contribution in [0.2, 0.25) is 10.0 Å². The van der Waals surface area contributed by atoms with Crippen molar-refractivity contribution < 1.29 is 14.3 Å². The number of hydrogen-bond donors (Lipinski definition) is 1. The van der Waals surface area contributed by atoms with Crippen LogP contribution in [0.25, 0.3) is 0 Å². The van der Waals surface area contributed by atoms with Crippen LogP contribution < -0.4 is 10.2 Å². The van der Waals surface area contributed by atoms with E-state index in [0.717, 1.165) is 19.7 Å². The molecule has 1 aromatic carbocycles. The average Bonchev–Trinajstić information content (AvgIpc) is 3.28. The minimum Gasteiger partial charge on any atom is -0.373 e. The number of ether oxygens (including phenoxy) is 1. The van der Waals surface area contributed by atoms with Crippen molar-refractivity contribution >= 4 is 40.7 Å². The largest absolute Gasteiger partial charge is 0.373 e. The SMILES string of the molecule is O=C(NCC1CN2CCCC2CO1)C1CCN(c2ccc(Cl)c(Cl)c2)C1=O. The molecule has 0 aromatic heterocycles. The van der Waals surface area contributed by atoms with Crippen LogP contribution in [-0.4, -0.2) is 61.6 Å². The predicted octanol–water partition coefficient (Wildman–Crippen LogP) is 2.33. The van der Waals surface area contributed by atoms with Gasteiger partial charge in [-0.2, -0.15) is 0 Å². The minimum atomic E-state index is -0.664. The third kappa shape index (κ3) is 3.94. The van der Waals surface area contributed by atoms with Gasteiger partial charge in [-0.25, -0.2) is 0 Å². The molecule has 0 saturated carbocycles. The Bertz CT molecular complexity index is 745. The van der Waals surface area contributed by atoms with Crippen LogP contribution in [-0.2, 0) is 14.3 Å². The molecule has 0 radical (unpaired) electrons. The summed E-state index contributed by atoms with van der Waals surface area (Å²) in [5, 5.41) is 3.74. The smallest absolute Gasteiger partial charge is 0.239 e. The second-order valence-electron chi connectivity index (χ2n) is 7.42. The monoisotopic (exact) mass is 411 g/mol. The Labute approximate surface area is 168 Å². The number of hydrogen-bond acceptors (Lipinski definition) is 4. The first-order valence-electron chi connectivity index (χ1n) is 9.42. The average molecular weight is 412 g/mol. The van der Waals surface area contributed by atoms with E-state index in [1.807, 2.05) is 0 Å². The number of fused-ring (bicyclic) bond motifs is 1. The Balaban J connectivity index is 1.31. The van der Waals surface area contributed by atoms with Crippen molar-refractivity contribution in [2.24, 2.45) is 5.92 Å². The molecule has 3 atom stereocenters. The van der Waals surface area contributed by atoms with Crippen molar-refractivity contribution in [1.82, 2.24) is 10.2 Å². The van der Waals surface area contributed by atoms with E-state index >= 15 is 0 Å². The number of benzene rings is 1. The predicted molar refractivity (Wildman–Crippen MR) is 104 cm³/mol. The second-order valence-corrected chi connectivity index (χ2v) is 8.24. The van der Waals surface area contributed by atoms with Gasteiger partial charge in [-0.15, -0.1) is 0 Å². The highest BCUT2D eigenvalue weighted by molar-refractivity contribution is 6.42. The molecule has 3 aliphatic rings. The molecule has 2 amide bonds. The first kappa shape index (κ1) is 19.0. The number of carbonyl (C=O) groups excluding carboxylic acids is 2. The number of anilines is 1. The molecule has 0 bridgehead atoms. The number of nitrogens with one attached hydrogen (secondary N) is 1. The Hall–Kier alpha value is -1.34. The van der Waals surface area contributed by atoms with E-state index in [1.165, 1.54) is 12.8 Å². The first-order chi connectivity index (χ1) is 13.0. The third-order valence-corrected chi connectivity index (χ3v) is 6.44. The summed E-state index contributed by atoms with van der Waals surface area (Å²) >= 11 is 12.0. The first-order valence-corrected chi connectivity index (χ1v) is 10.2. The van der Waals surface area contributed by atoms with Crippen LogP contribution >= 0.6 is 23.2 Å². The molecule has 27 heavy (non-hydrogen) atoms. The molecule has 1 N–H and O–H groups in total. The van der Waals surface area contributed by atoms with Crippen LogP contribution in [0.15, 0.2) is 18.2 Å². The van der Waals surface area contributed by atoms with Crippen molar-refractivity contribution in [1.29, 1.82) is 0 Å². The molecule has 6 nitrogen and oxygen atoms in total. The molecule has 0 aliphatic carbocycles. The Morgan fingerprint density at radius 1 is 1.22 bits per heavy atom. The molecule has 4 rings (SSSR count). The number of halogens is 2. The molecule has 8 heteroatoms. The summed E-state index contributed by atoms with van der Waals surface area (Å²) in [5.41, 5.74) is 0.667. The maximum atomic E-state index is 12.7. The van der Waals surface area contributed by atoms with Gasteiger partial charge in [-0.05, 0) is 44.0 Å². The van der Waals surface area contributed by atoms with Gasteiger partial charge in [0.2, 0.25) is 11.8 Å². The van der Waals surface area contributed by atoms with E-state index in [4.69, 9.17) is 27.9 Å². The van der Waals surface area contributed by atoms with Gasteiger partial charge in [-0.1, -0.05) is 23.2 Å². The van der Waals surface area contributed by atoms with Crippen LogP contribution in [0.1, 0.15) is 19.3 Å². The lowest BCUT2D eigenvalue weighted by Gasteiger charge is -2.35. The van der Waals surface area contributed by atoms with Crippen LogP contribution in [0.4, 0.5) is 5.69 Å². The summed E-state index contributed by atoms with van der Waals surface area (Å²) in [6, 6.07) is 5.60. The van der Waals surface area contributed by atoms with E-state index in [0.29, 0.717) is 41.3 Å². The van der Waals surface area contributed by atoms with E-state index in [1.54, 1.807) is 23.1 Å². The summed E-state index contributed by atoms with van der Waals surface area (Å²) < 4.78 is 5.87. The Morgan fingerprint density at radius 2 is 2.07 bits per heavy atom. The number of rotatable bonds is 4. The van der Waals surface area contributed by atoms with E-state index in [-0.39, 0.29) is 17.9 Å². The lowest BCUT2D eigenvalue weighted by Crippen LogP contribution is -2.50. The summed E-state index contributed by atoms with van der Waals surface area (Å²) in [4.78, 5) is 29.3. The molecule has 3 fully saturated rings. The highest BCUT2D eigenvalue weighted by Crippen LogP contribution is 2.31. The summed E-state index contributed by atoms with van der Waals surface area (Å²) in [6.45, 7) is 3.62. The zero-order valence-corrected chi connectivity index (χ0v) is 16.5. The van der Waals surface area contributed by atoms with Crippen LogP contribution in [0, 0.1) is 5.92 Å². The molecule has 3 unspecified atom stereocenters. The van der Waals surface area contributed by atoms with Crippen molar-refractivity contribution in [3.05, 3.63) is 28.2 Å². The van der Waals surface area contributed by atoms with Crippen molar-refractivity contribution in [3.8, 4) is 0 Å². The van der Waals surface area contributed by atoms with Gasteiger partial charge >= 0.3 is 0 Å². The number of carbonyl (C=O) groups is 2. The Morgan fingerprint density at radius 3 is 2.89 bits per heavy atom. The third-order valence-electron chi connectivity index (χ3n) is 5.70. The van der Waals surface area contributed by atoms with Gasteiger partial charge < -0.3 is 15.0 Å². The fourth-order valence-corrected chi connectivity index (χ4v) is 4.47. The van der Waals surface area contributed by atoms with Crippen molar-refractivity contribution in [2.45, 2.75) is 31.4 Å². The quantitative estimate of drug-likeness (QED) is 0.772.